The molecule has 0 aliphatic rings. The SMILES string of the molecule is CS(=O)(=O)c1cccc(C(O)Cc2ccc(Cl)cc2)c1. The molecule has 2 aromatic carbocycles. The second-order valence-electron chi connectivity index (χ2n) is 4.69. The van der Waals surface area contributed by atoms with Gasteiger partial charge in [-0.25, -0.2) is 8.42 Å². The highest BCUT2D eigenvalue weighted by molar-refractivity contribution is 7.90. The smallest absolute Gasteiger partial charge is 0.175 e. The average molecular weight is 311 g/mol. The van der Waals surface area contributed by atoms with E-state index < -0.39 is 15.9 Å². The van der Waals surface area contributed by atoms with Crippen molar-refractivity contribution in [2.24, 2.45) is 0 Å². The van der Waals surface area contributed by atoms with Crippen LogP contribution in [0.4, 0.5) is 0 Å². The fourth-order valence-electron chi connectivity index (χ4n) is 1.91. The highest BCUT2D eigenvalue weighted by Gasteiger charge is 2.13. The van der Waals surface area contributed by atoms with Gasteiger partial charge in [-0.2, -0.15) is 0 Å². The van der Waals surface area contributed by atoms with Crippen molar-refractivity contribution < 1.29 is 13.5 Å². The molecule has 0 aromatic heterocycles. The van der Waals surface area contributed by atoms with E-state index in [1.807, 2.05) is 12.1 Å². The van der Waals surface area contributed by atoms with Crippen molar-refractivity contribution in [1.29, 1.82) is 0 Å². The Morgan fingerprint density at radius 1 is 1.15 bits per heavy atom. The van der Waals surface area contributed by atoms with Crippen LogP contribution in [-0.2, 0) is 16.3 Å². The van der Waals surface area contributed by atoms with Gasteiger partial charge in [0.15, 0.2) is 9.84 Å². The standard InChI is InChI=1S/C15H15ClO3S/c1-20(18,19)14-4-2-3-12(10-14)15(17)9-11-5-7-13(16)8-6-11/h2-8,10,15,17H,9H2,1H3. The molecule has 1 atom stereocenters. The lowest BCUT2D eigenvalue weighted by molar-refractivity contribution is 0.178. The first-order valence-corrected chi connectivity index (χ1v) is 8.36. The fourth-order valence-corrected chi connectivity index (χ4v) is 2.72. The Labute approximate surface area is 123 Å². The molecule has 1 unspecified atom stereocenters. The van der Waals surface area contributed by atoms with Crippen molar-refractivity contribution in [3.63, 3.8) is 0 Å². The highest BCUT2D eigenvalue weighted by Crippen LogP contribution is 2.22. The molecule has 2 rings (SSSR count). The van der Waals surface area contributed by atoms with Crippen molar-refractivity contribution in [2.45, 2.75) is 17.4 Å². The van der Waals surface area contributed by atoms with Crippen LogP contribution in [0.5, 0.6) is 0 Å². The van der Waals surface area contributed by atoms with Crippen molar-refractivity contribution in [1.82, 2.24) is 0 Å². The maximum Gasteiger partial charge on any atom is 0.175 e. The lowest BCUT2D eigenvalue weighted by Crippen LogP contribution is -2.04. The molecular weight excluding hydrogens is 296 g/mol. The van der Waals surface area contributed by atoms with E-state index >= 15 is 0 Å². The van der Waals surface area contributed by atoms with E-state index in [0.29, 0.717) is 17.0 Å². The van der Waals surface area contributed by atoms with Gasteiger partial charge in [0.1, 0.15) is 0 Å². The third kappa shape index (κ3) is 3.82. The summed E-state index contributed by atoms with van der Waals surface area (Å²) in [4.78, 5) is 0.213. The molecule has 0 saturated carbocycles. The van der Waals surface area contributed by atoms with Gasteiger partial charge >= 0.3 is 0 Å². The summed E-state index contributed by atoms with van der Waals surface area (Å²) in [6.07, 6.45) is 0.806. The predicted octanol–water partition coefficient (Wildman–Crippen LogP) is 3.02. The lowest BCUT2D eigenvalue weighted by atomic mass is 10.0. The monoisotopic (exact) mass is 310 g/mol. The number of sulfone groups is 1. The molecule has 0 heterocycles. The zero-order chi connectivity index (χ0) is 14.8. The molecule has 0 spiro atoms. The van der Waals surface area contributed by atoms with Gasteiger partial charge < -0.3 is 5.11 Å². The van der Waals surface area contributed by atoms with Crippen molar-refractivity contribution in [3.05, 3.63) is 64.7 Å². The normalized spacial score (nSPS) is 13.2. The van der Waals surface area contributed by atoms with Crippen LogP contribution in [0, 0.1) is 0 Å². The van der Waals surface area contributed by atoms with Gasteiger partial charge in [-0.05, 0) is 35.4 Å². The quantitative estimate of drug-likeness (QED) is 0.944. The summed E-state index contributed by atoms with van der Waals surface area (Å²) in [6.45, 7) is 0. The summed E-state index contributed by atoms with van der Waals surface area (Å²) < 4.78 is 23.0. The van der Waals surface area contributed by atoms with Crippen LogP contribution in [0.2, 0.25) is 5.02 Å². The summed E-state index contributed by atoms with van der Waals surface area (Å²) in [6, 6.07) is 13.6. The molecule has 0 fully saturated rings. The topological polar surface area (TPSA) is 54.4 Å². The van der Waals surface area contributed by atoms with Gasteiger partial charge in [-0.3, -0.25) is 0 Å². The van der Waals surface area contributed by atoms with Gasteiger partial charge in [0, 0.05) is 17.7 Å². The summed E-state index contributed by atoms with van der Waals surface area (Å²) in [7, 11) is -3.27. The van der Waals surface area contributed by atoms with Crippen molar-refractivity contribution >= 4 is 21.4 Å². The average Bonchev–Trinajstić information content (AvgIpc) is 2.40. The van der Waals surface area contributed by atoms with Crippen LogP contribution >= 0.6 is 11.6 Å². The van der Waals surface area contributed by atoms with E-state index in [9.17, 15) is 13.5 Å². The van der Waals surface area contributed by atoms with E-state index in [0.717, 1.165) is 11.8 Å². The van der Waals surface area contributed by atoms with Crippen LogP contribution < -0.4 is 0 Å². The van der Waals surface area contributed by atoms with Crippen LogP contribution in [0.3, 0.4) is 0 Å². The number of hydrogen-bond donors (Lipinski definition) is 1. The first-order valence-electron chi connectivity index (χ1n) is 6.09. The number of benzene rings is 2. The predicted molar refractivity (Wildman–Crippen MR) is 79.7 cm³/mol. The van der Waals surface area contributed by atoms with E-state index in [1.165, 1.54) is 12.1 Å². The highest BCUT2D eigenvalue weighted by atomic mass is 35.5. The summed E-state index contributed by atoms with van der Waals surface area (Å²) in [5.74, 6) is 0. The maximum atomic E-state index is 11.5. The van der Waals surface area contributed by atoms with Gasteiger partial charge in [-0.1, -0.05) is 35.9 Å². The molecule has 20 heavy (non-hydrogen) atoms. The third-order valence-electron chi connectivity index (χ3n) is 3.01. The molecule has 1 N–H and O–H groups in total. The van der Waals surface area contributed by atoms with Gasteiger partial charge in [0.05, 0.1) is 11.0 Å². The molecule has 106 valence electrons. The van der Waals surface area contributed by atoms with Crippen LogP contribution in [-0.4, -0.2) is 19.8 Å². The van der Waals surface area contributed by atoms with Crippen LogP contribution in [0.25, 0.3) is 0 Å². The molecule has 0 saturated heterocycles. The minimum Gasteiger partial charge on any atom is -0.388 e. The van der Waals surface area contributed by atoms with Gasteiger partial charge in [0.25, 0.3) is 0 Å². The molecule has 5 heteroatoms. The maximum absolute atomic E-state index is 11.5. The molecule has 3 nitrogen and oxygen atoms in total. The second-order valence-corrected chi connectivity index (χ2v) is 7.14. The Morgan fingerprint density at radius 3 is 2.40 bits per heavy atom. The van der Waals surface area contributed by atoms with Gasteiger partial charge in [-0.15, -0.1) is 0 Å². The Kier molecular flexibility index (Phi) is 4.48. The minimum atomic E-state index is -3.27. The Morgan fingerprint density at radius 2 is 1.80 bits per heavy atom. The molecular formula is C15H15ClO3S. The van der Waals surface area contributed by atoms with Gasteiger partial charge in [0.2, 0.25) is 0 Å². The van der Waals surface area contributed by atoms with E-state index in [4.69, 9.17) is 11.6 Å². The summed E-state index contributed by atoms with van der Waals surface area (Å²) in [5, 5.41) is 10.8. The molecule has 0 bridgehead atoms. The number of aliphatic hydroxyl groups excluding tert-OH is 1. The first kappa shape index (κ1) is 15.0. The molecule has 0 amide bonds. The molecule has 0 radical (unpaired) electrons. The first-order chi connectivity index (χ1) is 9.36. The number of hydrogen-bond acceptors (Lipinski definition) is 3. The second kappa shape index (κ2) is 5.95. The largest absolute Gasteiger partial charge is 0.388 e. The zero-order valence-electron chi connectivity index (χ0n) is 11.0. The zero-order valence-corrected chi connectivity index (χ0v) is 12.5. The van der Waals surface area contributed by atoms with Crippen molar-refractivity contribution in [3.8, 4) is 0 Å². The molecule has 0 aliphatic carbocycles. The molecule has 2 aromatic rings. The van der Waals surface area contributed by atoms with E-state index in [1.54, 1.807) is 24.3 Å². The van der Waals surface area contributed by atoms with Crippen LogP contribution in [0.1, 0.15) is 17.2 Å². The Balaban J connectivity index is 2.21. The number of aliphatic hydroxyl groups is 1. The van der Waals surface area contributed by atoms with E-state index in [-0.39, 0.29) is 4.90 Å². The fraction of sp³-hybridized carbons (Fsp3) is 0.200. The van der Waals surface area contributed by atoms with E-state index in [2.05, 4.69) is 0 Å². The summed E-state index contributed by atoms with van der Waals surface area (Å²) in [5.41, 5.74) is 1.52. The molecule has 0 aliphatic heterocycles. The Hall–Kier alpha value is -1.36. The Bertz CT molecular complexity index is 693. The third-order valence-corrected chi connectivity index (χ3v) is 4.38. The van der Waals surface area contributed by atoms with Crippen LogP contribution in [0.15, 0.2) is 53.4 Å². The minimum absolute atomic E-state index is 0.213. The number of rotatable bonds is 4. The summed E-state index contributed by atoms with van der Waals surface area (Å²) >= 11 is 5.81. The van der Waals surface area contributed by atoms with Crippen molar-refractivity contribution in [2.75, 3.05) is 6.26 Å². The lowest BCUT2D eigenvalue weighted by Gasteiger charge is -2.12. The number of halogens is 1.